The third kappa shape index (κ3) is 4.09. The van der Waals surface area contributed by atoms with Crippen molar-refractivity contribution in [2.24, 2.45) is 0 Å². The standard InChI is InChI=1S/C19H16ClN3O4/c1-27-16-5-3-2-4-14(16)23-17(25)10-15(24)18(22-23)19(26)21-11-12-6-8-13(20)9-7-12/h2-10,24H,11H2,1H3,(H,21,26). The molecule has 3 rings (SSSR count). The minimum absolute atomic E-state index is 0.213. The monoisotopic (exact) mass is 385 g/mol. The molecule has 0 aliphatic carbocycles. The van der Waals surface area contributed by atoms with Crippen LogP contribution in [-0.4, -0.2) is 27.9 Å². The molecule has 0 atom stereocenters. The first-order valence-electron chi connectivity index (χ1n) is 7.99. The second-order valence-electron chi connectivity index (χ2n) is 5.61. The zero-order chi connectivity index (χ0) is 19.4. The summed E-state index contributed by atoms with van der Waals surface area (Å²) in [5.41, 5.74) is 0.322. The number of nitrogens with zero attached hydrogens (tertiary/aromatic N) is 2. The van der Waals surface area contributed by atoms with E-state index in [0.717, 1.165) is 16.3 Å². The van der Waals surface area contributed by atoms with Gasteiger partial charge in [0.25, 0.3) is 11.5 Å². The van der Waals surface area contributed by atoms with Crippen molar-refractivity contribution in [2.45, 2.75) is 6.54 Å². The van der Waals surface area contributed by atoms with E-state index in [-0.39, 0.29) is 12.2 Å². The molecule has 1 aromatic heterocycles. The van der Waals surface area contributed by atoms with Crippen LogP contribution < -0.4 is 15.6 Å². The topological polar surface area (TPSA) is 93.5 Å². The van der Waals surface area contributed by atoms with Crippen LogP contribution in [0.1, 0.15) is 16.1 Å². The lowest BCUT2D eigenvalue weighted by atomic mass is 10.2. The third-order valence-electron chi connectivity index (χ3n) is 3.81. The zero-order valence-electron chi connectivity index (χ0n) is 14.3. The first-order valence-corrected chi connectivity index (χ1v) is 8.37. The highest BCUT2D eigenvalue weighted by Crippen LogP contribution is 2.21. The zero-order valence-corrected chi connectivity index (χ0v) is 15.1. The van der Waals surface area contributed by atoms with Crippen LogP contribution in [0, 0.1) is 0 Å². The molecular formula is C19H16ClN3O4. The van der Waals surface area contributed by atoms with E-state index < -0.39 is 17.2 Å². The number of aromatic hydroxyl groups is 1. The number of aromatic nitrogens is 2. The molecule has 1 amide bonds. The molecule has 1 heterocycles. The lowest BCUT2D eigenvalue weighted by Crippen LogP contribution is -2.29. The molecule has 2 N–H and O–H groups in total. The number of rotatable bonds is 5. The van der Waals surface area contributed by atoms with Gasteiger partial charge in [-0.05, 0) is 29.8 Å². The lowest BCUT2D eigenvalue weighted by molar-refractivity contribution is 0.0941. The summed E-state index contributed by atoms with van der Waals surface area (Å²) >= 11 is 5.83. The van der Waals surface area contributed by atoms with Gasteiger partial charge < -0.3 is 15.2 Å². The molecule has 0 radical (unpaired) electrons. The summed E-state index contributed by atoms with van der Waals surface area (Å²) < 4.78 is 6.24. The highest BCUT2D eigenvalue weighted by atomic mass is 35.5. The number of carbonyl (C=O) groups is 1. The number of amides is 1. The minimum atomic E-state index is -0.619. The molecule has 0 fully saturated rings. The van der Waals surface area contributed by atoms with Crippen molar-refractivity contribution in [3.63, 3.8) is 0 Å². The number of hydrogen-bond donors (Lipinski definition) is 2. The highest BCUT2D eigenvalue weighted by Gasteiger charge is 2.18. The van der Waals surface area contributed by atoms with E-state index in [1.165, 1.54) is 7.11 Å². The maximum Gasteiger partial charge on any atom is 0.275 e. The van der Waals surface area contributed by atoms with Crippen molar-refractivity contribution < 1.29 is 14.6 Å². The summed E-state index contributed by atoms with van der Waals surface area (Å²) in [6, 6.07) is 14.6. The van der Waals surface area contributed by atoms with E-state index in [4.69, 9.17) is 16.3 Å². The Kier molecular flexibility index (Phi) is 5.42. The van der Waals surface area contributed by atoms with E-state index in [1.54, 1.807) is 48.5 Å². The van der Waals surface area contributed by atoms with Gasteiger partial charge in [0.2, 0.25) is 0 Å². The van der Waals surface area contributed by atoms with Crippen LogP contribution in [0.15, 0.2) is 59.4 Å². The first-order chi connectivity index (χ1) is 13.0. The Labute approximate surface area is 159 Å². The van der Waals surface area contributed by atoms with Gasteiger partial charge in [0.05, 0.1) is 7.11 Å². The van der Waals surface area contributed by atoms with Gasteiger partial charge in [-0.3, -0.25) is 9.59 Å². The summed E-state index contributed by atoms with van der Waals surface area (Å²) in [6.07, 6.45) is 0. The van der Waals surface area contributed by atoms with E-state index in [9.17, 15) is 14.7 Å². The van der Waals surface area contributed by atoms with Gasteiger partial charge in [0.15, 0.2) is 11.4 Å². The largest absolute Gasteiger partial charge is 0.505 e. The predicted octanol–water partition coefficient (Wildman–Crippen LogP) is 2.53. The van der Waals surface area contributed by atoms with Gasteiger partial charge in [0, 0.05) is 17.6 Å². The van der Waals surface area contributed by atoms with Gasteiger partial charge in [-0.25, -0.2) is 0 Å². The van der Waals surface area contributed by atoms with E-state index in [2.05, 4.69) is 10.4 Å². The molecule has 27 heavy (non-hydrogen) atoms. The number of benzene rings is 2. The Balaban J connectivity index is 1.90. The van der Waals surface area contributed by atoms with Crippen LogP contribution >= 0.6 is 11.6 Å². The van der Waals surface area contributed by atoms with Crippen LogP contribution in [-0.2, 0) is 6.54 Å². The number of carbonyl (C=O) groups excluding carboxylic acids is 1. The van der Waals surface area contributed by atoms with E-state index in [0.29, 0.717) is 16.5 Å². The molecule has 0 bridgehead atoms. The van der Waals surface area contributed by atoms with Crippen LogP contribution in [0.5, 0.6) is 11.5 Å². The van der Waals surface area contributed by atoms with Gasteiger partial charge in [-0.2, -0.15) is 9.78 Å². The van der Waals surface area contributed by atoms with Crippen LogP contribution in [0.25, 0.3) is 5.69 Å². The molecule has 0 aliphatic rings. The molecule has 0 aliphatic heterocycles. The van der Waals surface area contributed by atoms with Crippen LogP contribution in [0.4, 0.5) is 0 Å². The molecule has 8 heteroatoms. The van der Waals surface area contributed by atoms with Gasteiger partial charge in [-0.1, -0.05) is 35.9 Å². The molecule has 138 valence electrons. The van der Waals surface area contributed by atoms with Crippen molar-refractivity contribution >= 4 is 17.5 Å². The Morgan fingerprint density at radius 3 is 2.63 bits per heavy atom. The van der Waals surface area contributed by atoms with Crippen molar-refractivity contribution in [3.05, 3.63) is 81.2 Å². The highest BCUT2D eigenvalue weighted by molar-refractivity contribution is 6.30. The summed E-state index contributed by atoms with van der Waals surface area (Å²) in [4.78, 5) is 24.7. The quantitative estimate of drug-likeness (QED) is 0.704. The summed E-state index contributed by atoms with van der Waals surface area (Å²) in [5.74, 6) is -0.712. The molecule has 7 nitrogen and oxygen atoms in total. The number of para-hydroxylation sites is 2. The number of nitrogens with one attached hydrogen (secondary N) is 1. The Morgan fingerprint density at radius 1 is 1.22 bits per heavy atom. The Morgan fingerprint density at radius 2 is 1.93 bits per heavy atom. The number of hydrogen-bond acceptors (Lipinski definition) is 5. The third-order valence-corrected chi connectivity index (χ3v) is 4.06. The fraction of sp³-hybridized carbons (Fsp3) is 0.105. The van der Waals surface area contributed by atoms with E-state index >= 15 is 0 Å². The van der Waals surface area contributed by atoms with Crippen LogP contribution in [0.3, 0.4) is 0 Å². The SMILES string of the molecule is COc1ccccc1-n1nc(C(=O)NCc2ccc(Cl)cc2)c(O)cc1=O. The maximum absolute atomic E-state index is 12.4. The lowest BCUT2D eigenvalue weighted by Gasteiger charge is -2.12. The smallest absolute Gasteiger partial charge is 0.275 e. The first kappa shape index (κ1) is 18.5. The van der Waals surface area contributed by atoms with Crippen molar-refractivity contribution in [1.82, 2.24) is 15.1 Å². The molecule has 0 unspecified atom stereocenters. The van der Waals surface area contributed by atoms with E-state index in [1.807, 2.05) is 0 Å². The normalized spacial score (nSPS) is 10.4. The molecule has 2 aromatic carbocycles. The Hall–Kier alpha value is -3.32. The second-order valence-corrected chi connectivity index (χ2v) is 6.05. The fourth-order valence-electron chi connectivity index (χ4n) is 2.45. The van der Waals surface area contributed by atoms with Gasteiger partial charge in [0.1, 0.15) is 11.4 Å². The molecule has 0 spiro atoms. The molecule has 0 saturated carbocycles. The fourth-order valence-corrected chi connectivity index (χ4v) is 2.58. The van der Waals surface area contributed by atoms with Crippen LogP contribution in [0.2, 0.25) is 5.02 Å². The van der Waals surface area contributed by atoms with Crippen molar-refractivity contribution in [2.75, 3.05) is 7.11 Å². The predicted molar refractivity (Wildman–Crippen MR) is 101 cm³/mol. The number of methoxy groups -OCH3 is 1. The maximum atomic E-state index is 12.4. The molecule has 0 saturated heterocycles. The average molecular weight is 386 g/mol. The van der Waals surface area contributed by atoms with Gasteiger partial charge in [-0.15, -0.1) is 0 Å². The summed E-state index contributed by atoms with van der Waals surface area (Å²) in [6.45, 7) is 0.213. The van der Waals surface area contributed by atoms with Gasteiger partial charge >= 0.3 is 0 Å². The van der Waals surface area contributed by atoms with Crippen molar-refractivity contribution in [1.29, 1.82) is 0 Å². The molecular weight excluding hydrogens is 370 g/mol. The summed E-state index contributed by atoms with van der Waals surface area (Å²) in [5, 5.41) is 17.3. The summed E-state index contributed by atoms with van der Waals surface area (Å²) in [7, 11) is 1.46. The Bertz CT molecular complexity index is 1030. The average Bonchev–Trinajstić information content (AvgIpc) is 2.67. The second kappa shape index (κ2) is 7.92. The minimum Gasteiger partial charge on any atom is -0.505 e. The number of ether oxygens (including phenoxy) is 1. The number of halogens is 1. The van der Waals surface area contributed by atoms with Crippen molar-refractivity contribution in [3.8, 4) is 17.2 Å². The molecule has 3 aromatic rings.